The number of hydrogen-bond donors (Lipinski definition) is 1. The van der Waals surface area contributed by atoms with Crippen molar-refractivity contribution in [3.8, 4) is 5.75 Å². The van der Waals surface area contributed by atoms with E-state index in [-0.39, 0.29) is 23.8 Å². The average Bonchev–Trinajstić information content (AvgIpc) is 2.86. The minimum Gasteiger partial charge on any atom is -0.490 e. The van der Waals surface area contributed by atoms with Crippen molar-refractivity contribution in [2.75, 3.05) is 18.4 Å². The van der Waals surface area contributed by atoms with Crippen LogP contribution in [0.3, 0.4) is 0 Å². The highest BCUT2D eigenvalue weighted by molar-refractivity contribution is 5.96. The number of anilines is 1. The molecule has 0 radical (unpaired) electrons. The molecule has 0 aliphatic carbocycles. The lowest BCUT2D eigenvalue weighted by molar-refractivity contribution is -0.117. The Morgan fingerprint density at radius 3 is 2.42 bits per heavy atom. The van der Waals surface area contributed by atoms with Crippen LogP contribution in [0, 0.1) is 6.92 Å². The highest BCUT2D eigenvalue weighted by Gasteiger charge is 2.25. The molecule has 1 fully saturated rings. The molecule has 170 valence electrons. The van der Waals surface area contributed by atoms with Crippen molar-refractivity contribution in [2.45, 2.75) is 38.7 Å². The zero-order valence-electron chi connectivity index (χ0n) is 19.0. The standard InChI is InChI=1S/C27H29N3O3/c1-19-8-9-23(29-26(31)20(2)21-6-4-3-5-7-21)18-25(19)33-24-12-16-30(17-13-24)27(32)22-10-14-28-15-11-22/h3-11,14-15,18,20,24H,12-13,16-17H2,1-2H3,(H,29,31)/t20-/m0/s1. The summed E-state index contributed by atoms with van der Waals surface area (Å²) in [7, 11) is 0. The number of aromatic nitrogens is 1. The van der Waals surface area contributed by atoms with Gasteiger partial charge in [0, 0.05) is 55.6 Å². The van der Waals surface area contributed by atoms with Gasteiger partial charge < -0.3 is 15.0 Å². The SMILES string of the molecule is Cc1ccc(NC(=O)[C@@H](C)c2ccccc2)cc1OC1CCN(C(=O)c2ccncc2)CC1. The van der Waals surface area contributed by atoms with Crippen molar-refractivity contribution in [1.29, 1.82) is 0 Å². The van der Waals surface area contributed by atoms with Crippen molar-refractivity contribution >= 4 is 17.5 Å². The van der Waals surface area contributed by atoms with Gasteiger partial charge in [0.2, 0.25) is 5.91 Å². The molecule has 1 N–H and O–H groups in total. The second-order valence-electron chi connectivity index (χ2n) is 8.45. The number of amides is 2. The van der Waals surface area contributed by atoms with Gasteiger partial charge in [-0.3, -0.25) is 14.6 Å². The summed E-state index contributed by atoms with van der Waals surface area (Å²) in [5, 5.41) is 3.01. The first-order valence-corrected chi connectivity index (χ1v) is 11.3. The zero-order valence-corrected chi connectivity index (χ0v) is 19.0. The fourth-order valence-electron chi connectivity index (χ4n) is 3.98. The maximum atomic E-state index is 12.7. The third kappa shape index (κ3) is 5.58. The summed E-state index contributed by atoms with van der Waals surface area (Å²) in [4.78, 5) is 31.2. The summed E-state index contributed by atoms with van der Waals surface area (Å²) in [6, 6.07) is 19.0. The van der Waals surface area contributed by atoms with Crippen molar-refractivity contribution in [3.05, 3.63) is 89.7 Å². The number of ether oxygens (including phenoxy) is 1. The van der Waals surface area contributed by atoms with Crippen molar-refractivity contribution in [2.24, 2.45) is 0 Å². The van der Waals surface area contributed by atoms with Crippen molar-refractivity contribution < 1.29 is 14.3 Å². The van der Waals surface area contributed by atoms with E-state index in [9.17, 15) is 9.59 Å². The molecule has 1 aliphatic heterocycles. The molecule has 0 bridgehead atoms. The number of nitrogens with zero attached hydrogens (tertiary/aromatic N) is 2. The molecule has 0 saturated carbocycles. The molecule has 1 aliphatic rings. The zero-order chi connectivity index (χ0) is 23.2. The fourth-order valence-corrected chi connectivity index (χ4v) is 3.98. The van der Waals surface area contributed by atoms with Gasteiger partial charge in [-0.1, -0.05) is 36.4 Å². The number of nitrogens with one attached hydrogen (secondary N) is 1. The Bertz CT molecular complexity index is 1090. The van der Waals surface area contributed by atoms with Gasteiger partial charge in [0.15, 0.2) is 0 Å². The predicted molar refractivity (Wildman–Crippen MR) is 128 cm³/mol. The van der Waals surface area contributed by atoms with Crippen LogP contribution >= 0.6 is 0 Å². The Balaban J connectivity index is 1.35. The lowest BCUT2D eigenvalue weighted by Crippen LogP contribution is -2.41. The van der Waals surface area contributed by atoms with Crippen LogP contribution in [0.15, 0.2) is 73.1 Å². The second-order valence-corrected chi connectivity index (χ2v) is 8.45. The molecule has 0 unspecified atom stereocenters. The van der Waals surface area contributed by atoms with Crippen LogP contribution in [0.5, 0.6) is 5.75 Å². The first-order valence-electron chi connectivity index (χ1n) is 11.3. The summed E-state index contributed by atoms with van der Waals surface area (Å²) in [5.74, 6) is 0.487. The van der Waals surface area contributed by atoms with E-state index in [0.717, 1.165) is 29.7 Å². The van der Waals surface area contributed by atoms with Crippen LogP contribution in [0.4, 0.5) is 5.69 Å². The number of benzene rings is 2. The molecule has 6 nitrogen and oxygen atoms in total. The number of pyridine rings is 1. The van der Waals surface area contributed by atoms with Gasteiger partial charge in [-0.05, 0) is 43.2 Å². The van der Waals surface area contributed by atoms with Gasteiger partial charge in [-0.15, -0.1) is 0 Å². The number of hydrogen-bond acceptors (Lipinski definition) is 4. The summed E-state index contributed by atoms with van der Waals surface area (Å²) < 4.78 is 6.29. The van der Waals surface area contributed by atoms with Crippen LogP contribution in [0.25, 0.3) is 0 Å². The van der Waals surface area contributed by atoms with Gasteiger partial charge in [-0.2, -0.15) is 0 Å². The van der Waals surface area contributed by atoms with Gasteiger partial charge in [-0.25, -0.2) is 0 Å². The maximum absolute atomic E-state index is 12.7. The van der Waals surface area contributed by atoms with Crippen molar-refractivity contribution in [1.82, 2.24) is 9.88 Å². The molecular weight excluding hydrogens is 414 g/mol. The van der Waals surface area contributed by atoms with E-state index in [1.165, 1.54) is 0 Å². The van der Waals surface area contributed by atoms with Crippen molar-refractivity contribution in [3.63, 3.8) is 0 Å². The van der Waals surface area contributed by atoms with E-state index in [4.69, 9.17) is 4.74 Å². The van der Waals surface area contributed by atoms with E-state index < -0.39 is 0 Å². The van der Waals surface area contributed by atoms with Crippen LogP contribution in [0.1, 0.15) is 47.2 Å². The molecule has 1 saturated heterocycles. The molecule has 1 atom stereocenters. The molecule has 0 spiro atoms. The predicted octanol–water partition coefficient (Wildman–Crippen LogP) is 4.82. The van der Waals surface area contributed by atoms with E-state index >= 15 is 0 Å². The summed E-state index contributed by atoms with van der Waals surface area (Å²) >= 11 is 0. The highest BCUT2D eigenvalue weighted by Crippen LogP contribution is 2.27. The Morgan fingerprint density at radius 1 is 1.03 bits per heavy atom. The van der Waals surface area contributed by atoms with E-state index in [2.05, 4.69) is 10.3 Å². The Morgan fingerprint density at radius 2 is 1.73 bits per heavy atom. The smallest absolute Gasteiger partial charge is 0.253 e. The van der Waals surface area contributed by atoms with Crippen LogP contribution in [-0.4, -0.2) is 40.9 Å². The molecule has 33 heavy (non-hydrogen) atoms. The molecular formula is C27H29N3O3. The summed E-state index contributed by atoms with van der Waals surface area (Å²) in [6.07, 6.45) is 4.83. The van der Waals surface area contributed by atoms with Gasteiger partial charge in [0.1, 0.15) is 11.9 Å². The first-order chi connectivity index (χ1) is 16.0. The van der Waals surface area contributed by atoms with Gasteiger partial charge in [0.25, 0.3) is 5.91 Å². The highest BCUT2D eigenvalue weighted by atomic mass is 16.5. The topological polar surface area (TPSA) is 71.5 Å². The van der Waals surface area contributed by atoms with E-state index in [1.54, 1.807) is 24.5 Å². The minimum atomic E-state index is -0.251. The molecule has 3 aromatic rings. The normalized spacial score (nSPS) is 15.0. The third-order valence-corrected chi connectivity index (χ3v) is 6.10. The maximum Gasteiger partial charge on any atom is 0.253 e. The monoisotopic (exact) mass is 443 g/mol. The molecule has 2 heterocycles. The minimum absolute atomic E-state index is 0.0272. The van der Waals surface area contributed by atoms with Crippen LogP contribution < -0.4 is 10.1 Å². The lowest BCUT2D eigenvalue weighted by atomic mass is 10.0. The Kier molecular flexibility index (Phi) is 7.03. The molecule has 2 amide bonds. The molecule has 6 heteroatoms. The second kappa shape index (κ2) is 10.3. The summed E-state index contributed by atoms with van der Waals surface area (Å²) in [6.45, 7) is 5.19. The largest absolute Gasteiger partial charge is 0.490 e. The van der Waals surface area contributed by atoms with Crippen LogP contribution in [0.2, 0.25) is 0 Å². The van der Waals surface area contributed by atoms with E-state index in [1.807, 2.05) is 67.3 Å². The number of piperidine rings is 1. The van der Waals surface area contributed by atoms with Crippen LogP contribution in [-0.2, 0) is 4.79 Å². The molecule has 4 rings (SSSR count). The number of likely N-dealkylation sites (tertiary alicyclic amines) is 1. The van der Waals surface area contributed by atoms with Gasteiger partial charge in [0.05, 0.1) is 5.92 Å². The summed E-state index contributed by atoms with van der Waals surface area (Å²) in [5.41, 5.74) is 3.37. The average molecular weight is 444 g/mol. The number of carbonyl (C=O) groups is 2. The quantitative estimate of drug-likeness (QED) is 0.593. The number of rotatable bonds is 6. The lowest BCUT2D eigenvalue weighted by Gasteiger charge is -2.32. The molecule has 2 aromatic carbocycles. The van der Waals surface area contributed by atoms with E-state index in [0.29, 0.717) is 24.3 Å². The number of carbonyl (C=O) groups excluding carboxylic acids is 2. The fraction of sp³-hybridized carbons (Fsp3) is 0.296. The van der Waals surface area contributed by atoms with Gasteiger partial charge >= 0.3 is 0 Å². The Hall–Kier alpha value is -3.67. The first kappa shape index (κ1) is 22.5. The molecule has 1 aromatic heterocycles. The number of aryl methyl sites for hydroxylation is 1. The Labute approximate surface area is 194 Å². The third-order valence-electron chi connectivity index (χ3n) is 6.10.